The molecule has 0 aliphatic rings. The summed E-state index contributed by atoms with van der Waals surface area (Å²) in [6.07, 6.45) is -2.93. The van der Waals surface area contributed by atoms with E-state index in [2.05, 4.69) is 14.9 Å². The SMILES string of the molecule is COCCn1c(C(F)F)nnc1S(=O)(=O)Cl. The molecule has 1 aromatic heterocycles. The van der Waals surface area contributed by atoms with Crippen molar-refractivity contribution in [3.63, 3.8) is 0 Å². The van der Waals surface area contributed by atoms with Gasteiger partial charge in [-0.15, -0.1) is 10.2 Å². The van der Waals surface area contributed by atoms with Gasteiger partial charge in [-0.1, -0.05) is 0 Å². The second kappa shape index (κ2) is 5.02. The second-order valence-electron chi connectivity index (χ2n) is 2.72. The molecule has 16 heavy (non-hydrogen) atoms. The summed E-state index contributed by atoms with van der Waals surface area (Å²) >= 11 is 0. The van der Waals surface area contributed by atoms with Crippen molar-refractivity contribution in [1.29, 1.82) is 0 Å². The molecule has 1 aromatic rings. The summed E-state index contributed by atoms with van der Waals surface area (Å²) in [5.74, 6) is -0.753. The highest BCUT2D eigenvalue weighted by Crippen LogP contribution is 2.21. The number of methoxy groups -OCH3 is 1. The fourth-order valence-electron chi connectivity index (χ4n) is 1.03. The number of halogens is 3. The average Bonchev–Trinajstić information content (AvgIpc) is 2.57. The van der Waals surface area contributed by atoms with E-state index >= 15 is 0 Å². The summed E-state index contributed by atoms with van der Waals surface area (Å²) in [6.45, 7) is -0.0817. The van der Waals surface area contributed by atoms with Gasteiger partial charge in [-0.2, -0.15) is 0 Å². The van der Waals surface area contributed by atoms with E-state index in [1.54, 1.807) is 0 Å². The largest absolute Gasteiger partial charge is 0.383 e. The first-order valence-corrected chi connectivity index (χ1v) is 6.33. The molecule has 0 amide bonds. The molecule has 0 N–H and O–H groups in total. The van der Waals surface area contributed by atoms with Crippen molar-refractivity contribution >= 4 is 19.7 Å². The van der Waals surface area contributed by atoms with Crippen molar-refractivity contribution < 1.29 is 21.9 Å². The van der Waals surface area contributed by atoms with Gasteiger partial charge in [0.1, 0.15) is 0 Å². The van der Waals surface area contributed by atoms with Crippen molar-refractivity contribution in [3.8, 4) is 0 Å². The Bertz CT molecular complexity index is 462. The number of alkyl halides is 2. The minimum absolute atomic E-state index is 0.0389. The van der Waals surface area contributed by atoms with Gasteiger partial charge in [0.05, 0.1) is 13.2 Å². The summed E-state index contributed by atoms with van der Waals surface area (Å²) in [5, 5.41) is 5.49. The van der Waals surface area contributed by atoms with E-state index in [1.165, 1.54) is 7.11 Å². The zero-order chi connectivity index (χ0) is 12.3. The molecule has 10 heteroatoms. The fourth-order valence-corrected chi connectivity index (χ4v) is 1.96. The molecular formula is C6H8ClF2N3O3S. The maximum Gasteiger partial charge on any atom is 0.297 e. The number of rotatable bonds is 5. The van der Waals surface area contributed by atoms with Crippen molar-refractivity contribution in [3.05, 3.63) is 5.82 Å². The van der Waals surface area contributed by atoms with Crippen LogP contribution in [0.3, 0.4) is 0 Å². The van der Waals surface area contributed by atoms with Gasteiger partial charge in [-0.05, 0) is 0 Å². The molecule has 0 saturated carbocycles. The van der Waals surface area contributed by atoms with Crippen LogP contribution < -0.4 is 0 Å². The average molecular weight is 276 g/mol. The summed E-state index contributed by atoms with van der Waals surface area (Å²) in [6, 6.07) is 0. The number of nitrogens with zero attached hydrogens (tertiary/aromatic N) is 3. The predicted octanol–water partition coefficient (Wildman–Crippen LogP) is 0.790. The number of hydrogen-bond acceptors (Lipinski definition) is 5. The number of aromatic nitrogens is 3. The van der Waals surface area contributed by atoms with Gasteiger partial charge in [-0.25, -0.2) is 17.2 Å². The van der Waals surface area contributed by atoms with Gasteiger partial charge in [0.15, 0.2) is 0 Å². The molecule has 1 heterocycles. The molecule has 0 aromatic carbocycles. The van der Waals surface area contributed by atoms with E-state index in [0.717, 1.165) is 4.57 Å². The molecule has 0 aliphatic heterocycles. The van der Waals surface area contributed by atoms with E-state index in [9.17, 15) is 17.2 Å². The molecule has 0 radical (unpaired) electrons. The molecule has 92 valence electrons. The van der Waals surface area contributed by atoms with Crippen molar-refractivity contribution in [2.24, 2.45) is 0 Å². The molecule has 0 bridgehead atoms. The van der Waals surface area contributed by atoms with E-state index in [0.29, 0.717) is 0 Å². The fraction of sp³-hybridized carbons (Fsp3) is 0.667. The number of ether oxygens (including phenoxy) is 1. The molecule has 0 atom stereocenters. The molecule has 6 nitrogen and oxygen atoms in total. The molecule has 0 fully saturated rings. The Morgan fingerprint density at radius 2 is 2.12 bits per heavy atom. The lowest BCUT2D eigenvalue weighted by Gasteiger charge is -2.06. The maximum absolute atomic E-state index is 12.5. The number of hydrogen-bond donors (Lipinski definition) is 0. The Morgan fingerprint density at radius 1 is 1.50 bits per heavy atom. The lowest BCUT2D eigenvalue weighted by atomic mass is 10.6. The van der Waals surface area contributed by atoms with Gasteiger partial charge < -0.3 is 4.74 Å². The Hall–Kier alpha value is -0.800. The van der Waals surface area contributed by atoms with Crippen LogP contribution in [0.1, 0.15) is 12.2 Å². The molecular weight excluding hydrogens is 268 g/mol. The Labute approximate surface area is 94.6 Å². The van der Waals surface area contributed by atoms with Crippen LogP contribution in [-0.4, -0.2) is 36.9 Å². The van der Waals surface area contributed by atoms with Gasteiger partial charge in [0, 0.05) is 17.8 Å². The molecule has 1 rings (SSSR count). The first-order chi connectivity index (χ1) is 7.38. The van der Waals surface area contributed by atoms with Crippen molar-refractivity contribution in [1.82, 2.24) is 14.8 Å². The van der Waals surface area contributed by atoms with Crippen LogP contribution in [0.25, 0.3) is 0 Å². The normalized spacial score (nSPS) is 12.3. The lowest BCUT2D eigenvalue weighted by molar-refractivity contribution is 0.127. The summed E-state index contributed by atoms with van der Waals surface area (Å²) in [5.41, 5.74) is 0. The van der Waals surface area contributed by atoms with Crippen LogP contribution in [0, 0.1) is 0 Å². The monoisotopic (exact) mass is 275 g/mol. The quantitative estimate of drug-likeness (QED) is 0.743. The second-order valence-corrected chi connectivity index (χ2v) is 5.18. The van der Waals surface area contributed by atoms with Crippen LogP contribution in [0.2, 0.25) is 0 Å². The van der Waals surface area contributed by atoms with Crippen LogP contribution >= 0.6 is 10.7 Å². The first-order valence-electron chi connectivity index (χ1n) is 4.02. The van der Waals surface area contributed by atoms with E-state index in [1.807, 2.05) is 0 Å². The predicted molar refractivity (Wildman–Crippen MR) is 49.9 cm³/mol. The minimum atomic E-state index is -4.20. The van der Waals surface area contributed by atoms with Crippen molar-refractivity contribution in [2.75, 3.05) is 13.7 Å². The van der Waals surface area contributed by atoms with E-state index in [4.69, 9.17) is 10.7 Å². The van der Waals surface area contributed by atoms with Gasteiger partial charge in [-0.3, -0.25) is 4.57 Å². The zero-order valence-electron chi connectivity index (χ0n) is 8.10. The molecule has 0 unspecified atom stereocenters. The van der Waals surface area contributed by atoms with Crippen molar-refractivity contribution in [2.45, 2.75) is 18.1 Å². The molecule has 0 spiro atoms. The van der Waals surface area contributed by atoms with Gasteiger partial charge in [0.2, 0.25) is 5.82 Å². The smallest absolute Gasteiger partial charge is 0.297 e. The molecule has 0 saturated heterocycles. The van der Waals surface area contributed by atoms with Crippen LogP contribution in [-0.2, 0) is 20.3 Å². The standard InChI is InChI=1S/C6H8ClF2N3O3S/c1-15-3-2-12-5(4(8)9)10-11-6(12)16(7,13)14/h4H,2-3H2,1H3. The zero-order valence-corrected chi connectivity index (χ0v) is 9.67. The lowest BCUT2D eigenvalue weighted by Crippen LogP contribution is -2.13. The van der Waals surface area contributed by atoms with Gasteiger partial charge in [0.25, 0.3) is 20.6 Å². The summed E-state index contributed by atoms with van der Waals surface area (Å²) in [7, 11) is 2.17. The highest BCUT2D eigenvalue weighted by atomic mass is 35.7. The third kappa shape index (κ3) is 2.86. The first kappa shape index (κ1) is 13.3. The van der Waals surface area contributed by atoms with Crippen LogP contribution in [0.4, 0.5) is 8.78 Å². The Balaban J connectivity index is 3.20. The topological polar surface area (TPSA) is 74.1 Å². The highest BCUT2D eigenvalue weighted by Gasteiger charge is 2.26. The molecule has 0 aliphatic carbocycles. The van der Waals surface area contributed by atoms with Crippen LogP contribution in [0.15, 0.2) is 5.16 Å². The summed E-state index contributed by atoms with van der Waals surface area (Å²) in [4.78, 5) is 0. The van der Waals surface area contributed by atoms with Crippen LogP contribution in [0.5, 0.6) is 0 Å². The van der Waals surface area contributed by atoms with E-state index in [-0.39, 0.29) is 13.2 Å². The van der Waals surface area contributed by atoms with Gasteiger partial charge >= 0.3 is 0 Å². The van der Waals surface area contributed by atoms with E-state index < -0.39 is 26.5 Å². The maximum atomic E-state index is 12.5. The Morgan fingerprint density at radius 3 is 2.56 bits per heavy atom. The highest BCUT2D eigenvalue weighted by molar-refractivity contribution is 8.13. The third-order valence-corrected chi connectivity index (χ3v) is 2.83. The Kier molecular flexibility index (Phi) is 4.16. The summed E-state index contributed by atoms with van der Waals surface area (Å²) < 4.78 is 52.3. The third-order valence-electron chi connectivity index (χ3n) is 1.68. The minimum Gasteiger partial charge on any atom is -0.383 e.